The molecule has 0 spiro atoms. The maximum absolute atomic E-state index is 12.1. The van der Waals surface area contributed by atoms with Gasteiger partial charge in [0.05, 0.1) is 5.69 Å². The van der Waals surface area contributed by atoms with Crippen LogP contribution in [0.15, 0.2) is 56.6 Å². The van der Waals surface area contributed by atoms with Gasteiger partial charge in [-0.1, -0.05) is 24.3 Å². The van der Waals surface area contributed by atoms with Gasteiger partial charge in [-0.15, -0.1) is 11.8 Å². The van der Waals surface area contributed by atoms with E-state index in [-0.39, 0.29) is 5.63 Å². The van der Waals surface area contributed by atoms with Gasteiger partial charge >= 0.3 is 5.63 Å². The predicted molar refractivity (Wildman–Crippen MR) is 100 cm³/mol. The average Bonchev–Trinajstić information content (AvgIpc) is 2.59. The number of rotatable bonds is 2. The van der Waals surface area contributed by atoms with Crippen LogP contribution in [-0.4, -0.2) is 12.3 Å². The fourth-order valence-electron chi connectivity index (χ4n) is 3.25. The normalized spacial score (nSPS) is 14.0. The molecular weight excluding hydrogens is 318 g/mol. The molecule has 0 saturated heterocycles. The van der Waals surface area contributed by atoms with E-state index in [1.165, 1.54) is 10.6 Å². The molecule has 3 aromatic rings. The standard InChI is InChI=1S/C20H19NO2S/c1-13-7-8-16-15(11-19(22)23-20(16)14(13)2)12-21-9-10-24-18-6-4-3-5-17(18)21/h3-8,11H,9-10,12H2,1-2H3. The third-order valence-corrected chi connectivity index (χ3v) is 5.75. The zero-order valence-electron chi connectivity index (χ0n) is 13.8. The van der Waals surface area contributed by atoms with Gasteiger partial charge in [0.2, 0.25) is 0 Å². The van der Waals surface area contributed by atoms with Gasteiger partial charge in [0.25, 0.3) is 0 Å². The van der Waals surface area contributed by atoms with Crippen molar-refractivity contribution in [3.63, 3.8) is 0 Å². The van der Waals surface area contributed by atoms with Crippen LogP contribution < -0.4 is 10.5 Å². The van der Waals surface area contributed by atoms with E-state index >= 15 is 0 Å². The number of hydrogen-bond acceptors (Lipinski definition) is 4. The molecule has 0 saturated carbocycles. The van der Waals surface area contributed by atoms with Crippen LogP contribution in [0.2, 0.25) is 0 Å². The molecule has 0 N–H and O–H groups in total. The topological polar surface area (TPSA) is 33.5 Å². The molecule has 2 aromatic carbocycles. The van der Waals surface area contributed by atoms with Crippen LogP contribution in [0.4, 0.5) is 5.69 Å². The summed E-state index contributed by atoms with van der Waals surface area (Å²) in [5.74, 6) is 1.06. The van der Waals surface area contributed by atoms with Crippen molar-refractivity contribution in [2.75, 3.05) is 17.2 Å². The van der Waals surface area contributed by atoms with Gasteiger partial charge in [-0.05, 0) is 42.7 Å². The average molecular weight is 337 g/mol. The molecule has 0 fully saturated rings. The van der Waals surface area contributed by atoms with Gasteiger partial charge in [-0.25, -0.2) is 4.79 Å². The molecule has 0 radical (unpaired) electrons. The third kappa shape index (κ3) is 2.61. The fourth-order valence-corrected chi connectivity index (χ4v) is 4.30. The van der Waals surface area contributed by atoms with Crippen molar-refractivity contribution in [3.8, 4) is 0 Å². The Bertz CT molecular complexity index is 977. The first-order valence-corrected chi connectivity index (χ1v) is 9.12. The molecule has 4 rings (SSSR count). The first-order chi connectivity index (χ1) is 11.6. The Hall–Kier alpha value is -2.20. The quantitative estimate of drug-likeness (QED) is 0.644. The van der Waals surface area contributed by atoms with Crippen molar-refractivity contribution in [1.29, 1.82) is 0 Å². The van der Waals surface area contributed by atoms with Gasteiger partial charge in [0.1, 0.15) is 5.58 Å². The number of nitrogens with zero attached hydrogens (tertiary/aromatic N) is 1. The molecule has 3 nitrogen and oxygen atoms in total. The van der Waals surface area contributed by atoms with Crippen LogP contribution in [0.1, 0.15) is 16.7 Å². The van der Waals surface area contributed by atoms with Gasteiger partial charge in [-0.2, -0.15) is 0 Å². The second-order valence-corrected chi connectivity index (χ2v) is 7.35. The summed E-state index contributed by atoms with van der Waals surface area (Å²) in [6, 6.07) is 14.3. The second-order valence-electron chi connectivity index (χ2n) is 6.21. The molecule has 2 heterocycles. The highest BCUT2D eigenvalue weighted by Gasteiger charge is 2.19. The SMILES string of the molecule is Cc1ccc2c(CN3CCSc4ccccc43)cc(=O)oc2c1C. The molecule has 0 unspecified atom stereocenters. The largest absolute Gasteiger partial charge is 0.422 e. The first kappa shape index (κ1) is 15.3. The molecule has 1 aliphatic heterocycles. The van der Waals surface area contributed by atoms with E-state index in [1.54, 1.807) is 6.07 Å². The summed E-state index contributed by atoms with van der Waals surface area (Å²) >= 11 is 1.89. The summed E-state index contributed by atoms with van der Waals surface area (Å²) in [6.07, 6.45) is 0. The van der Waals surface area contributed by atoms with Gasteiger partial charge in [0, 0.05) is 35.2 Å². The van der Waals surface area contributed by atoms with E-state index in [0.717, 1.165) is 46.5 Å². The molecule has 0 amide bonds. The molecule has 0 bridgehead atoms. The van der Waals surface area contributed by atoms with E-state index < -0.39 is 0 Å². The molecular formula is C20H19NO2S. The molecule has 4 heteroatoms. The van der Waals surface area contributed by atoms with Crippen molar-refractivity contribution in [2.24, 2.45) is 0 Å². The Labute approximate surface area is 145 Å². The second kappa shape index (κ2) is 6.02. The number of aryl methyl sites for hydroxylation is 2. The van der Waals surface area contributed by atoms with E-state index in [1.807, 2.05) is 25.6 Å². The Kier molecular flexibility index (Phi) is 3.85. The smallest absolute Gasteiger partial charge is 0.336 e. The Morgan fingerprint density at radius 1 is 1.17 bits per heavy atom. The van der Waals surface area contributed by atoms with E-state index in [0.29, 0.717) is 0 Å². The highest BCUT2D eigenvalue weighted by molar-refractivity contribution is 7.99. The predicted octanol–water partition coefficient (Wildman–Crippen LogP) is 4.52. The van der Waals surface area contributed by atoms with Crippen LogP contribution in [0.3, 0.4) is 0 Å². The number of benzene rings is 2. The fraction of sp³-hybridized carbons (Fsp3) is 0.250. The van der Waals surface area contributed by atoms with Gasteiger partial charge in [-0.3, -0.25) is 0 Å². The van der Waals surface area contributed by atoms with Crippen LogP contribution in [0, 0.1) is 13.8 Å². The van der Waals surface area contributed by atoms with Crippen molar-refractivity contribution in [2.45, 2.75) is 25.3 Å². The summed E-state index contributed by atoms with van der Waals surface area (Å²) in [6.45, 7) is 5.76. The molecule has 1 aromatic heterocycles. The minimum absolute atomic E-state index is 0.272. The number of fused-ring (bicyclic) bond motifs is 2. The molecule has 0 aliphatic carbocycles. The minimum atomic E-state index is -0.272. The Morgan fingerprint density at radius 2 is 2.00 bits per heavy atom. The Balaban J connectivity index is 1.81. The van der Waals surface area contributed by atoms with Crippen molar-refractivity contribution < 1.29 is 4.42 Å². The lowest BCUT2D eigenvalue weighted by Crippen LogP contribution is -2.29. The summed E-state index contributed by atoms with van der Waals surface area (Å²) in [5, 5.41) is 1.04. The zero-order valence-corrected chi connectivity index (χ0v) is 14.7. The molecule has 24 heavy (non-hydrogen) atoms. The summed E-state index contributed by atoms with van der Waals surface area (Å²) in [5.41, 5.74) is 4.91. The molecule has 1 aliphatic rings. The number of thioether (sulfide) groups is 1. The number of anilines is 1. The highest BCUT2D eigenvalue weighted by atomic mass is 32.2. The maximum atomic E-state index is 12.1. The third-order valence-electron chi connectivity index (χ3n) is 4.70. The van der Waals surface area contributed by atoms with E-state index in [9.17, 15) is 4.79 Å². The summed E-state index contributed by atoms with van der Waals surface area (Å²) in [7, 11) is 0. The lowest BCUT2D eigenvalue weighted by atomic mass is 10.0. The highest BCUT2D eigenvalue weighted by Crippen LogP contribution is 2.35. The Morgan fingerprint density at radius 3 is 2.88 bits per heavy atom. The van der Waals surface area contributed by atoms with Gasteiger partial charge in [0.15, 0.2) is 0 Å². The minimum Gasteiger partial charge on any atom is -0.422 e. The summed E-state index contributed by atoms with van der Waals surface area (Å²) in [4.78, 5) is 15.7. The monoisotopic (exact) mass is 337 g/mol. The lowest BCUT2D eigenvalue weighted by molar-refractivity contribution is 0.555. The van der Waals surface area contributed by atoms with Gasteiger partial charge < -0.3 is 9.32 Å². The zero-order chi connectivity index (χ0) is 16.7. The van der Waals surface area contributed by atoms with Crippen molar-refractivity contribution in [1.82, 2.24) is 0 Å². The maximum Gasteiger partial charge on any atom is 0.336 e. The number of hydrogen-bond donors (Lipinski definition) is 0. The van der Waals surface area contributed by atoms with Crippen molar-refractivity contribution >= 4 is 28.4 Å². The van der Waals surface area contributed by atoms with E-state index in [2.05, 4.69) is 41.3 Å². The van der Waals surface area contributed by atoms with Crippen LogP contribution in [-0.2, 0) is 6.54 Å². The molecule has 122 valence electrons. The van der Waals surface area contributed by atoms with Crippen molar-refractivity contribution in [3.05, 3.63) is 69.6 Å². The first-order valence-electron chi connectivity index (χ1n) is 8.13. The lowest BCUT2D eigenvalue weighted by Gasteiger charge is -2.31. The summed E-state index contributed by atoms with van der Waals surface area (Å²) < 4.78 is 5.49. The van der Waals surface area contributed by atoms with E-state index in [4.69, 9.17) is 4.42 Å². The van der Waals surface area contributed by atoms with Crippen LogP contribution >= 0.6 is 11.8 Å². The molecule has 0 atom stereocenters. The van der Waals surface area contributed by atoms with Crippen LogP contribution in [0.5, 0.6) is 0 Å². The van der Waals surface area contributed by atoms with Crippen LogP contribution in [0.25, 0.3) is 11.0 Å². The number of para-hydroxylation sites is 1.